The first-order chi connectivity index (χ1) is 10.5. The zero-order valence-electron chi connectivity index (χ0n) is 11.9. The van der Waals surface area contributed by atoms with Crippen molar-refractivity contribution in [1.29, 1.82) is 0 Å². The first-order valence-corrected chi connectivity index (χ1v) is 8.07. The van der Waals surface area contributed by atoms with Gasteiger partial charge in [0.15, 0.2) is 5.16 Å². The maximum atomic E-state index is 12.3. The van der Waals surface area contributed by atoms with Gasteiger partial charge in [-0.1, -0.05) is 47.1 Å². The van der Waals surface area contributed by atoms with Gasteiger partial charge in [0.2, 0.25) is 0 Å². The Labute approximate surface area is 136 Å². The molecule has 112 valence electrons. The third-order valence-electron chi connectivity index (χ3n) is 3.30. The van der Waals surface area contributed by atoms with Crippen LogP contribution in [0.25, 0.3) is 10.9 Å². The third kappa shape index (κ3) is 2.96. The molecule has 0 bridgehead atoms. The van der Waals surface area contributed by atoms with Crippen LogP contribution in [-0.2, 0) is 5.75 Å². The van der Waals surface area contributed by atoms with Gasteiger partial charge in [0.05, 0.1) is 10.9 Å². The molecule has 0 fully saturated rings. The van der Waals surface area contributed by atoms with Gasteiger partial charge in [-0.25, -0.2) is 9.66 Å². The highest BCUT2D eigenvalue weighted by atomic mass is 35.5. The summed E-state index contributed by atoms with van der Waals surface area (Å²) >= 11 is 7.29. The van der Waals surface area contributed by atoms with E-state index in [1.54, 1.807) is 0 Å². The van der Waals surface area contributed by atoms with E-state index < -0.39 is 0 Å². The molecule has 0 atom stereocenters. The van der Waals surface area contributed by atoms with Crippen molar-refractivity contribution >= 4 is 34.3 Å². The molecule has 3 rings (SSSR count). The number of fused-ring (bicyclic) bond motifs is 1. The van der Waals surface area contributed by atoms with Gasteiger partial charge in [-0.05, 0) is 36.8 Å². The van der Waals surface area contributed by atoms with Crippen LogP contribution in [0.1, 0.15) is 11.1 Å². The second-order valence-electron chi connectivity index (χ2n) is 5.01. The topological polar surface area (TPSA) is 60.9 Å². The fourth-order valence-corrected chi connectivity index (χ4v) is 3.12. The quantitative estimate of drug-likeness (QED) is 0.454. The molecular weight excluding hydrogens is 318 g/mol. The van der Waals surface area contributed by atoms with Gasteiger partial charge in [-0.3, -0.25) is 4.79 Å². The first-order valence-electron chi connectivity index (χ1n) is 6.70. The first kappa shape index (κ1) is 14.9. The van der Waals surface area contributed by atoms with Gasteiger partial charge in [0.25, 0.3) is 5.56 Å². The lowest BCUT2D eigenvalue weighted by molar-refractivity contribution is 0.779. The minimum atomic E-state index is -0.229. The van der Waals surface area contributed by atoms with E-state index in [2.05, 4.69) is 4.98 Å². The van der Waals surface area contributed by atoms with Gasteiger partial charge >= 0.3 is 0 Å². The smallest absolute Gasteiger partial charge is 0.280 e. The Bertz CT molecular complexity index is 890. The van der Waals surface area contributed by atoms with Crippen LogP contribution in [0.15, 0.2) is 52.4 Å². The summed E-state index contributed by atoms with van der Waals surface area (Å²) in [7, 11) is 0. The molecule has 6 heteroatoms. The lowest BCUT2D eigenvalue weighted by Crippen LogP contribution is -2.29. The third-order valence-corrected chi connectivity index (χ3v) is 4.58. The molecule has 3 aromatic rings. The lowest BCUT2D eigenvalue weighted by atomic mass is 10.2. The Morgan fingerprint density at radius 1 is 1.23 bits per heavy atom. The maximum Gasteiger partial charge on any atom is 0.280 e. The molecule has 0 saturated carbocycles. The second-order valence-corrected chi connectivity index (χ2v) is 6.38. The Hall–Kier alpha value is -1.98. The molecule has 4 nitrogen and oxygen atoms in total. The second kappa shape index (κ2) is 6.02. The van der Waals surface area contributed by atoms with Crippen LogP contribution in [0, 0.1) is 6.92 Å². The number of thioether (sulfide) groups is 1. The van der Waals surface area contributed by atoms with Crippen LogP contribution in [-0.4, -0.2) is 9.66 Å². The summed E-state index contributed by atoms with van der Waals surface area (Å²) in [6.45, 7) is 1.93. The van der Waals surface area contributed by atoms with Gasteiger partial charge in [0, 0.05) is 10.8 Å². The molecule has 1 heterocycles. The number of nitrogens with zero attached hydrogens (tertiary/aromatic N) is 2. The molecular formula is C16H14ClN3OS. The standard InChI is InChI=1S/C16H14ClN3OS/c1-10-2-7-14-13(8-10)15(21)20(18)16(19-14)22-9-11-3-5-12(17)6-4-11/h2-8H,9,18H2,1H3. The Morgan fingerprint density at radius 3 is 2.68 bits per heavy atom. The number of aromatic nitrogens is 2. The minimum Gasteiger partial charge on any atom is -0.334 e. The summed E-state index contributed by atoms with van der Waals surface area (Å²) in [5, 5.41) is 1.73. The van der Waals surface area contributed by atoms with Gasteiger partial charge < -0.3 is 5.84 Å². The fourth-order valence-electron chi connectivity index (χ4n) is 2.12. The van der Waals surface area contributed by atoms with Crippen molar-refractivity contribution < 1.29 is 0 Å². The summed E-state index contributed by atoms with van der Waals surface area (Å²) in [6, 6.07) is 13.1. The molecule has 0 aliphatic carbocycles. The van der Waals surface area contributed by atoms with Gasteiger partial charge in [0.1, 0.15) is 0 Å². The SMILES string of the molecule is Cc1ccc2nc(SCc3ccc(Cl)cc3)n(N)c(=O)c2c1. The number of rotatable bonds is 3. The van der Waals surface area contributed by atoms with Crippen molar-refractivity contribution in [3.8, 4) is 0 Å². The lowest BCUT2D eigenvalue weighted by Gasteiger charge is -2.09. The molecule has 0 amide bonds. The summed E-state index contributed by atoms with van der Waals surface area (Å²) < 4.78 is 1.11. The number of halogens is 1. The average molecular weight is 332 g/mol. The van der Waals surface area contributed by atoms with E-state index in [4.69, 9.17) is 17.4 Å². The number of nitrogens with two attached hydrogens (primary N) is 1. The van der Waals surface area contributed by atoms with E-state index in [-0.39, 0.29) is 5.56 Å². The average Bonchev–Trinajstić information content (AvgIpc) is 2.52. The number of hydrogen-bond acceptors (Lipinski definition) is 4. The highest BCUT2D eigenvalue weighted by Gasteiger charge is 2.10. The number of hydrogen-bond donors (Lipinski definition) is 1. The molecule has 2 aromatic carbocycles. The summed E-state index contributed by atoms with van der Waals surface area (Å²) in [5.41, 5.74) is 2.53. The molecule has 0 saturated heterocycles. The van der Waals surface area contributed by atoms with Crippen LogP contribution < -0.4 is 11.4 Å². The summed E-state index contributed by atoms with van der Waals surface area (Å²) in [4.78, 5) is 16.8. The van der Waals surface area contributed by atoms with E-state index in [0.29, 0.717) is 26.8 Å². The van der Waals surface area contributed by atoms with E-state index in [0.717, 1.165) is 15.8 Å². The van der Waals surface area contributed by atoms with Crippen LogP contribution in [0.2, 0.25) is 5.02 Å². The molecule has 22 heavy (non-hydrogen) atoms. The normalized spacial score (nSPS) is 11.0. The summed E-state index contributed by atoms with van der Waals surface area (Å²) in [5.74, 6) is 6.55. The molecule has 0 spiro atoms. The van der Waals surface area contributed by atoms with E-state index in [1.807, 2.05) is 49.4 Å². The Morgan fingerprint density at radius 2 is 1.95 bits per heavy atom. The van der Waals surface area contributed by atoms with Crippen LogP contribution in [0.5, 0.6) is 0 Å². The van der Waals surface area contributed by atoms with Crippen molar-refractivity contribution in [3.63, 3.8) is 0 Å². The predicted octanol–water partition coefficient (Wildman–Crippen LogP) is 3.36. The number of benzene rings is 2. The minimum absolute atomic E-state index is 0.229. The number of nitrogen functional groups attached to an aromatic ring is 1. The zero-order chi connectivity index (χ0) is 15.7. The van der Waals surface area contributed by atoms with Crippen molar-refractivity contribution in [2.24, 2.45) is 0 Å². The predicted molar refractivity (Wildman–Crippen MR) is 91.9 cm³/mol. The summed E-state index contributed by atoms with van der Waals surface area (Å²) in [6.07, 6.45) is 0. The fraction of sp³-hybridized carbons (Fsp3) is 0.125. The van der Waals surface area contributed by atoms with E-state index in [1.165, 1.54) is 11.8 Å². The highest BCUT2D eigenvalue weighted by molar-refractivity contribution is 7.98. The zero-order valence-corrected chi connectivity index (χ0v) is 13.5. The van der Waals surface area contributed by atoms with E-state index in [9.17, 15) is 4.79 Å². The van der Waals surface area contributed by atoms with Crippen LogP contribution >= 0.6 is 23.4 Å². The highest BCUT2D eigenvalue weighted by Crippen LogP contribution is 2.22. The largest absolute Gasteiger partial charge is 0.334 e. The van der Waals surface area contributed by atoms with E-state index >= 15 is 0 Å². The maximum absolute atomic E-state index is 12.3. The van der Waals surface area contributed by atoms with Crippen molar-refractivity contribution in [2.45, 2.75) is 17.8 Å². The molecule has 1 aromatic heterocycles. The number of aryl methyl sites for hydroxylation is 1. The molecule has 0 aliphatic rings. The molecule has 0 unspecified atom stereocenters. The molecule has 0 radical (unpaired) electrons. The van der Waals surface area contributed by atoms with Gasteiger partial charge in [-0.2, -0.15) is 0 Å². The Kier molecular flexibility index (Phi) is 4.09. The van der Waals surface area contributed by atoms with Crippen molar-refractivity contribution in [2.75, 3.05) is 5.84 Å². The van der Waals surface area contributed by atoms with Crippen molar-refractivity contribution in [3.05, 3.63) is 69.0 Å². The Balaban J connectivity index is 1.94. The monoisotopic (exact) mass is 331 g/mol. The van der Waals surface area contributed by atoms with Crippen LogP contribution in [0.3, 0.4) is 0 Å². The molecule has 2 N–H and O–H groups in total. The van der Waals surface area contributed by atoms with Crippen LogP contribution in [0.4, 0.5) is 0 Å². The van der Waals surface area contributed by atoms with Gasteiger partial charge in [-0.15, -0.1) is 0 Å². The molecule has 0 aliphatic heterocycles. The van der Waals surface area contributed by atoms with Crippen molar-refractivity contribution in [1.82, 2.24) is 9.66 Å².